The molecule has 2 heterocycles. The molecule has 0 saturated carbocycles. The molecule has 3 aromatic carbocycles. The molecule has 0 unspecified atom stereocenters. The molecule has 0 radical (unpaired) electrons. The zero-order valence-electron chi connectivity index (χ0n) is 19.4. The maximum absolute atomic E-state index is 13.7. The van der Waals surface area contributed by atoms with Gasteiger partial charge in [0.2, 0.25) is 5.95 Å². The maximum atomic E-state index is 13.7. The number of allylic oxidation sites excluding steroid dienone is 1. The zero-order valence-corrected chi connectivity index (χ0v) is 19.4. The van der Waals surface area contributed by atoms with Gasteiger partial charge in [0.15, 0.2) is 0 Å². The fourth-order valence-corrected chi connectivity index (χ4v) is 4.54. The molecule has 1 atom stereocenters. The maximum Gasteiger partial charge on any atom is 0.255 e. The number of fused-ring (bicyclic) bond motifs is 3. The molecular weight excluding hydrogens is 408 g/mol. The van der Waals surface area contributed by atoms with E-state index in [0.717, 1.165) is 39.5 Å². The molecule has 0 saturated heterocycles. The number of rotatable bonds is 4. The van der Waals surface area contributed by atoms with Crippen molar-refractivity contribution in [1.29, 1.82) is 0 Å². The van der Waals surface area contributed by atoms with Crippen LogP contribution in [-0.2, 0) is 4.79 Å². The Morgan fingerprint density at radius 1 is 0.970 bits per heavy atom. The normalized spacial score (nSPS) is 15.5. The van der Waals surface area contributed by atoms with E-state index in [9.17, 15) is 4.79 Å². The number of hydrogen-bond acceptors (Lipinski definition) is 3. The third kappa shape index (κ3) is 3.69. The number of carbonyl (C=O) groups is 1. The molecule has 2 N–H and O–H groups in total. The topological polar surface area (TPSA) is 59.0 Å². The highest BCUT2D eigenvalue weighted by Crippen LogP contribution is 2.39. The van der Waals surface area contributed by atoms with Crippen LogP contribution in [0.4, 0.5) is 11.6 Å². The largest absolute Gasteiger partial charge is 0.329 e. The molecule has 1 amide bonds. The van der Waals surface area contributed by atoms with E-state index in [2.05, 4.69) is 59.4 Å². The number of imidazole rings is 1. The van der Waals surface area contributed by atoms with E-state index >= 15 is 0 Å². The van der Waals surface area contributed by atoms with Crippen LogP contribution in [0.1, 0.15) is 49.4 Å². The van der Waals surface area contributed by atoms with Crippen LogP contribution in [0.15, 0.2) is 84.1 Å². The van der Waals surface area contributed by atoms with Gasteiger partial charge in [-0.1, -0.05) is 68.4 Å². The lowest BCUT2D eigenvalue weighted by molar-refractivity contribution is -0.113. The van der Waals surface area contributed by atoms with Gasteiger partial charge in [0.25, 0.3) is 5.91 Å². The average molecular weight is 437 g/mol. The molecular formula is C28H28N4O. The van der Waals surface area contributed by atoms with E-state index in [-0.39, 0.29) is 11.9 Å². The molecule has 0 bridgehead atoms. The van der Waals surface area contributed by atoms with E-state index in [1.807, 2.05) is 56.3 Å². The van der Waals surface area contributed by atoms with E-state index in [1.54, 1.807) is 0 Å². The van der Waals surface area contributed by atoms with Crippen LogP contribution in [0, 0.1) is 6.92 Å². The summed E-state index contributed by atoms with van der Waals surface area (Å²) in [5.74, 6) is 1.08. The van der Waals surface area contributed by atoms with Gasteiger partial charge in [0.05, 0.1) is 22.6 Å². The van der Waals surface area contributed by atoms with Gasteiger partial charge in [-0.2, -0.15) is 0 Å². The van der Waals surface area contributed by atoms with Crippen molar-refractivity contribution in [2.75, 3.05) is 10.6 Å². The van der Waals surface area contributed by atoms with Crippen LogP contribution in [0.5, 0.6) is 0 Å². The zero-order chi connectivity index (χ0) is 23.1. The van der Waals surface area contributed by atoms with Crippen molar-refractivity contribution in [2.24, 2.45) is 0 Å². The third-order valence-corrected chi connectivity index (χ3v) is 6.39. The number of hydrogen-bond donors (Lipinski definition) is 2. The lowest BCUT2D eigenvalue weighted by Crippen LogP contribution is -2.31. The summed E-state index contributed by atoms with van der Waals surface area (Å²) in [5, 5.41) is 6.52. The van der Waals surface area contributed by atoms with Crippen LogP contribution < -0.4 is 10.6 Å². The highest BCUT2D eigenvalue weighted by molar-refractivity contribution is 6.06. The minimum Gasteiger partial charge on any atom is -0.329 e. The Labute approximate surface area is 194 Å². The molecule has 1 aromatic heterocycles. The molecule has 33 heavy (non-hydrogen) atoms. The van der Waals surface area contributed by atoms with Gasteiger partial charge in [-0.05, 0) is 54.7 Å². The average Bonchev–Trinajstić information content (AvgIpc) is 3.17. The monoisotopic (exact) mass is 436 g/mol. The Morgan fingerprint density at radius 2 is 1.67 bits per heavy atom. The number of aryl methyl sites for hydroxylation is 1. The van der Waals surface area contributed by atoms with Crippen LogP contribution in [0.3, 0.4) is 0 Å². The Kier molecular flexibility index (Phi) is 5.25. The summed E-state index contributed by atoms with van der Waals surface area (Å²) in [7, 11) is 0. The minimum atomic E-state index is -0.293. The van der Waals surface area contributed by atoms with Crippen molar-refractivity contribution in [3.05, 3.63) is 101 Å². The predicted octanol–water partition coefficient (Wildman–Crippen LogP) is 6.40. The summed E-state index contributed by atoms with van der Waals surface area (Å²) in [4.78, 5) is 18.5. The second kappa shape index (κ2) is 8.24. The summed E-state index contributed by atoms with van der Waals surface area (Å²) >= 11 is 0. The number of nitrogens with one attached hydrogen (secondary N) is 2. The van der Waals surface area contributed by atoms with Gasteiger partial charge in [-0.3, -0.25) is 9.36 Å². The Balaban J connectivity index is 1.66. The van der Waals surface area contributed by atoms with Crippen molar-refractivity contribution < 1.29 is 4.79 Å². The van der Waals surface area contributed by atoms with Gasteiger partial charge in [-0.15, -0.1) is 0 Å². The fourth-order valence-electron chi connectivity index (χ4n) is 4.54. The SMILES string of the molecule is CC1=C(C(=O)Nc2ccccc2C)[C@H](c2ccc(C(C)C)cc2)n2c(nc3ccccc32)N1. The Morgan fingerprint density at radius 3 is 2.39 bits per heavy atom. The van der Waals surface area contributed by atoms with E-state index in [4.69, 9.17) is 4.98 Å². The van der Waals surface area contributed by atoms with Gasteiger partial charge < -0.3 is 10.6 Å². The Hall–Kier alpha value is -3.86. The van der Waals surface area contributed by atoms with Crippen LogP contribution >= 0.6 is 0 Å². The highest BCUT2D eigenvalue weighted by atomic mass is 16.1. The van der Waals surface area contributed by atoms with Gasteiger partial charge in [0.1, 0.15) is 0 Å². The first kappa shape index (κ1) is 21.0. The summed E-state index contributed by atoms with van der Waals surface area (Å²) in [6.07, 6.45) is 0. The second-order valence-electron chi connectivity index (χ2n) is 8.95. The van der Waals surface area contributed by atoms with Gasteiger partial charge >= 0.3 is 0 Å². The van der Waals surface area contributed by atoms with Crippen molar-refractivity contribution in [3.8, 4) is 0 Å². The summed E-state index contributed by atoms with van der Waals surface area (Å²) in [6, 6.07) is 24.2. The van der Waals surface area contributed by atoms with Crippen molar-refractivity contribution in [3.63, 3.8) is 0 Å². The summed E-state index contributed by atoms with van der Waals surface area (Å²) in [5.41, 5.74) is 7.56. The molecule has 4 aromatic rings. The second-order valence-corrected chi connectivity index (χ2v) is 8.95. The summed E-state index contributed by atoms with van der Waals surface area (Å²) < 4.78 is 2.14. The third-order valence-electron chi connectivity index (χ3n) is 6.39. The Bertz CT molecular complexity index is 1380. The number of carbonyl (C=O) groups excluding carboxylic acids is 1. The molecule has 1 aliphatic rings. The predicted molar refractivity (Wildman–Crippen MR) is 135 cm³/mol. The molecule has 1 aliphatic heterocycles. The number of anilines is 2. The molecule has 5 nitrogen and oxygen atoms in total. The van der Waals surface area contributed by atoms with Crippen molar-refractivity contribution in [1.82, 2.24) is 9.55 Å². The number of para-hydroxylation sites is 3. The molecule has 166 valence electrons. The molecule has 5 heteroatoms. The van der Waals surface area contributed by atoms with E-state index in [1.165, 1.54) is 5.56 Å². The standard InChI is InChI=1S/C28H28N4O/c1-17(2)20-13-15-21(16-14-20)26-25(27(33)30-22-10-6-5-9-18(22)3)19(4)29-28-31-23-11-7-8-12-24(23)32(26)28/h5-17,26H,1-4H3,(H,29,31)(H,30,33)/t26-/m0/s1. The van der Waals surface area contributed by atoms with Gasteiger partial charge in [0, 0.05) is 11.4 Å². The first-order valence-corrected chi connectivity index (χ1v) is 11.4. The lowest BCUT2D eigenvalue weighted by Gasteiger charge is -2.31. The van der Waals surface area contributed by atoms with Gasteiger partial charge in [-0.25, -0.2) is 4.98 Å². The quantitative estimate of drug-likeness (QED) is 0.389. The number of aromatic nitrogens is 2. The summed E-state index contributed by atoms with van der Waals surface area (Å²) in [6.45, 7) is 8.32. The van der Waals surface area contributed by atoms with Crippen LogP contribution in [0.2, 0.25) is 0 Å². The number of amides is 1. The number of nitrogens with zero attached hydrogens (tertiary/aromatic N) is 2. The minimum absolute atomic E-state index is 0.115. The lowest BCUT2D eigenvalue weighted by atomic mass is 9.92. The van der Waals surface area contributed by atoms with E-state index in [0.29, 0.717) is 11.5 Å². The molecule has 0 fully saturated rings. The first-order chi connectivity index (χ1) is 15.9. The van der Waals surface area contributed by atoms with E-state index < -0.39 is 0 Å². The van der Waals surface area contributed by atoms with Crippen LogP contribution in [-0.4, -0.2) is 15.5 Å². The molecule has 5 rings (SSSR count). The number of benzene rings is 3. The fraction of sp³-hybridized carbons (Fsp3) is 0.214. The smallest absolute Gasteiger partial charge is 0.255 e. The molecule has 0 spiro atoms. The van der Waals surface area contributed by atoms with Crippen molar-refractivity contribution in [2.45, 2.75) is 39.7 Å². The van der Waals surface area contributed by atoms with Crippen molar-refractivity contribution >= 4 is 28.6 Å². The molecule has 0 aliphatic carbocycles. The highest BCUT2D eigenvalue weighted by Gasteiger charge is 2.34. The first-order valence-electron chi connectivity index (χ1n) is 11.4. The van der Waals surface area contributed by atoms with Crippen LogP contribution in [0.25, 0.3) is 11.0 Å².